The van der Waals surface area contributed by atoms with Crippen LogP contribution in [0.3, 0.4) is 0 Å². The highest BCUT2D eigenvalue weighted by Crippen LogP contribution is 2.24. The number of hydrogen-bond acceptors (Lipinski definition) is 8. The lowest BCUT2D eigenvalue weighted by molar-refractivity contribution is -0.130. The molecule has 0 saturated carbocycles. The van der Waals surface area contributed by atoms with E-state index in [1.165, 1.54) is 30.3 Å². The third-order valence-corrected chi connectivity index (χ3v) is 6.32. The highest BCUT2D eigenvalue weighted by atomic mass is 32.2. The van der Waals surface area contributed by atoms with Crippen LogP contribution in [-0.2, 0) is 14.3 Å². The minimum atomic E-state index is -0.536. The summed E-state index contributed by atoms with van der Waals surface area (Å²) < 4.78 is 18.0. The first-order valence-corrected chi connectivity index (χ1v) is 12.1. The van der Waals surface area contributed by atoms with Gasteiger partial charge in [-0.15, -0.1) is 0 Å². The largest absolute Gasteiger partial charge is 0.462 e. The van der Waals surface area contributed by atoms with E-state index >= 15 is 0 Å². The average molecular weight is 500 g/mol. The summed E-state index contributed by atoms with van der Waals surface area (Å²) in [5, 5.41) is 12.6. The van der Waals surface area contributed by atoms with Crippen molar-refractivity contribution in [3.8, 4) is 6.07 Å². The van der Waals surface area contributed by atoms with Crippen LogP contribution in [0.25, 0.3) is 0 Å². The second kappa shape index (κ2) is 12.3. The fourth-order valence-corrected chi connectivity index (χ4v) is 4.41. The molecule has 3 rings (SSSR count). The Kier molecular flexibility index (Phi) is 9.17. The van der Waals surface area contributed by atoms with Crippen molar-refractivity contribution in [3.05, 3.63) is 53.0 Å². The quantitative estimate of drug-likeness (QED) is 0.435. The number of hydrogen-bond donors (Lipinski definition) is 1. The van der Waals surface area contributed by atoms with Gasteiger partial charge in [-0.25, -0.2) is 14.2 Å². The van der Waals surface area contributed by atoms with E-state index in [4.69, 9.17) is 4.74 Å². The monoisotopic (exact) mass is 499 g/mol. The van der Waals surface area contributed by atoms with Gasteiger partial charge < -0.3 is 15.0 Å². The number of nitrogens with one attached hydrogen (secondary N) is 1. The predicted octanol–water partition coefficient (Wildman–Crippen LogP) is 2.45. The van der Waals surface area contributed by atoms with Gasteiger partial charge in [0.1, 0.15) is 16.9 Å². The van der Waals surface area contributed by atoms with E-state index in [-0.39, 0.29) is 47.7 Å². The maximum absolute atomic E-state index is 13.0. The number of piperazine rings is 1. The molecule has 0 unspecified atom stereocenters. The Hall–Kier alpha value is -3.49. The van der Waals surface area contributed by atoms with E-state index in [9.17, 15) is 24.0 Å². The van der Waals surface area contributed by atoms with Crippen LogP contribution in [0.4, 0.5) is 10.1 Å². The van der Waals surface area contributed by atoms with E-state index in [2.05, 4.69) is 10.3 Å². The fraction of sp³-hybridized carbons (Fsp3) is 0.375. The highest BCUT2D eigenvalue weighted by molar-refractivity contribution is 8.00. The molecule has 9 nitrogen and oxygen atoms in total. The van der Waals surface area contributed by atoms with Gasteiger partial charge in [-0.05, 0) is 44.2 Å². The zero-order valence-electron chi connectivity index (χ0n) is 19.5. The molecule has 2 aromatic rings. The van der Waals surface area contributed by atoms with Crippen molar-refractivity contribution in [2.45, 2.75) is 18.9 Å². The summed E-state index contributed by atoms with van der Waals surface area (Å²) in [6, 6.07) is 9.04. The zero-order valence-corrected chi connectivity index (χ0v) is 20.4. The number of rotatable bonds is 8. The third kappa shape index (κ3) is 7.24. The molecular formula is C24H26FN5O4S. The van der Waals surface area contributed by atoms with Gasteiger partial charge >= 0.3 is 5.97 Å². The van der Waals surface area contributed by atoms with Crippen molar-refractivity contribution in [2.24, 2.45) is 0 Å². The molecule has 2 amide bonds. The van der Waals surface area contributed by atoms with Gasteiger partial charge in [-0.2, -0.15) is 5.26 Å². The van der Waals surface area contributed by atoms with Gasteiger partial charge in [0.15, 0.2) is 0 Å². The van der Waals surface area contributed by atoms with E-state index < -0.39 is 5.97 Å². The zero-order chi connectivity index (χ0) is 25.4. The molecule has 0 spiro atoms. The summed E-state index contributed by atoms with van der Waals surface area (Å²) in [4.78, 5) is 45.0. The number of carbonyl (C=O) groups excluding carboxylic acids is 3. The summed E-state index contributed by atoms with van der Waals surface area (Å²) >= 11 is 1.15. The Morgan fingerprint density at radius 1 is 1.20 bits per heavy atom. The van der Waals surface area contributed by atoms with E-state index in [0.29, 0.717) is 42.6 Å². The molecule has 0 atom stereocenters. The lowest BCUT2D eigenvalue weighted by atomic mass is 10.1. The number of aryl methyl sites for hydroxylation is 1. The number of benzene rings is 1. The molecule has 35 heavy (non-hydrogen) atoms. The van der Waals surface area contributed by atoms with Crippen molar-refractivity contribution >= 4 is 35.2 Å². The molecular weight excluding hydrogens is 473 g/mol. The average Bonchev–Trinajstić information content (AvgIpc) is 2.84. The molecule has 1 saturated heterocycles. The summed E-state index contributed by atoms with van der Waals surface area (Å²) in [5.41, 5.74) is 1.41. The van der Waals surface area contributed by atoms with E-state index in [0.717, 1.165) is 11.8 Å². The third-order valence-electron chi connectivity index (χ3n) is 5.35. The number of esters is 1. The molecule has 1 aliphatic heterocycles. The Morgan fingerprint density at radius 3 is 2.51 bits per heavy atom. The SMILES string of the molecule is CCOC(=O)c1cc(C#N)c(SCC(=O)N2CCN(CC(=O)Nc3ccc(F)cc3)CC2)nc1C. The number of ether oxygens (including phenoxy) is 1. The Labute approximate surface area is 207 Å². The van der Waals surface area contributed by atoms with Crippen LogP contribution in [0.15, 0.2) is 35.4 Å². The van der Waals surface area contributed by atoms with Crippen molar-refractivity contribution in [3.63, 3.8) is 0 Å². The van der Waals surface area contributed by atoms with Crippen LogP contribution < -0.4 is 5.32 Å². The normalized spacial score (nSPS) is 13.7. The number of aromatic nitrogens is 1. The summed E-state index contributed by atoms with van der Waals surface area (Å²) in [7, 11) is 0. The van der Waals surface area contributed by atoms with Crippen LogP contribution in [0.5, 0.6) is 0 Å². The van der Waals surface area contributed by atoms with Gasteiger partial charge in [0.05, 0.1) is 35.7 Å². The van der Waals surface area contributed by atoms with Crippen molar-refractivity contribution in [1.29, 1.82) is 5.26 Å². The van der Waals surface area contributed by atoms with Gasteiger partial charge in [-0.1, -0.05) is 11.8 Å². The second-order valence-electron chi connectivity index (χ2n) is 7.81. The van der Waals surface area contributed by atoms with E-state index in [1.807, 2.05) is 11.0 Å². The molecule has 1 aromatic heterocycles. The molecule has 0 radical (unpaired) electrons. The van der Waals surface area contributed by atoms with Gasteiger partial charge in [0.25, 0.3) is 0 Å². The molecule has 0 aliphatic carbocycles. The fourth-order valence-electron chi connectivity index (χ4n) is 3.50. The van der Waals surface area contributed by atoms with Crippen LogP contribution in [-0.4, -0.2) is 77.7 Å². The van der Waals surface area contributed by atoms with E-state index in [1.54, 1.807) is 18.7 Å². The number of nitriles is 1. The second-order valence-corrected chi connectivity index (χ2v) is 8.77. The lowest BCUT2D eigenvalue weighted by Gasteiger charge is -2.34. The topological polar surface area (TPSA) is 116 Å². The first-order chi connectivity index (χ1) is 16.8. The first kappa shape index (κ1) is 26.1. The number of thioether (sulfide) groups is 1. The first-order valence-electron chi connectivity index (χ1n) is 11.1. The maximum atomic E-state index is 13.0. The number of anilines is 1. The standard InChI is InChI=1S/C24H26FN5O4S/c1-3-34-24(33)20-12-17(13-26)23(27-16(20)2)35-15-22(32)30-10-8-29(9-11-30)14-21(31)28-19-6-4-18(25)5-7-19/h4-7,12H,3,8-11,14-15H2,1-2H3,(H,28,31). The summed E-state index contributed by atoms with van der Waals surface area (Å²) in [5.74, 6) is -1.10. The molecule has 1 aromatic carbocycles. The number of halogens is 1. The molecule has 2 heterocycles. The molecule has 1 aliphatic rings. The Balaban J connectivity index is 1.48. The number of pyridine rings is 1. The van der Waals surface area contributed by atoms with Gasteiger partial charge in [0, 0.05) is 31.9 Å². The van der Waals surface area contributed by atoms with Crippen LogP contribution >= 0.6 is 11.8 Å². The molecule has 0 bridgehead atoms. The molecule has 184 valence electrons. The molecule has 1 fully saturated rings. The maximum Gasteiger partial charge on any atom is 0.340 e. The predicted molar refractivity (Wildman–Crippen MR) is 128 cm³/mol. The van der Waals surface area contributed by atoms with Crippen molar-refractivity contribution in [1.82, 2.24) is 14.8 Å². The Bertz CT molecular complexity index is 1130. The molecule has 11 heteroatoms. The van der Waals surface area contributed by atoms with Crippen LogP contribution in [0.2, 0.25) is 0 Å². The van der Waals surface area contributed by atoms with Crippen molar-refractivity contribution < 1.29 is 23.5 Å². The summed E-state index contributed by atoms with van der Waals surface area (Å²) in [6.45, 7) is 5.79. The van der Waals surface area contributed by atoms with Crippen LogP contribution in [0, 0.1) is 24.1 Å². The van der Waals surface area contributed by atoms with Crippen molar-refractivity contribution in [2.75, 3.05) is 50.4 Å². The Morgan fingerprint density at radius 2 is 1.89 bits per heavy atom. The highest BCUT2D eigenvalue weighted by Gasteiger charge is 2.23. The number of carbonyl (C=O) groups is 3. The number of nitrogens with zero attached hydrogens (tertiary/aromatic N) is 4. The smallest absolute Gasteiger partial charge is 0.340 e. The number of amides is 2. The lowest BCUT2D eigenvalue weighted by Crippen LogP contribution is -2.50. The molecule has 1 N–H and O–H groups in total. The summed E-state index contributed by atoms with van der Waals surface area (Å²) in [6.07, 6.45) is 0. The van der Waals surface area contributed by atoms with Crippen LogP contribution in [0.1, 0.15) is 28.5 Å². The minimum absolute atomic E-state index is 0.0942. The minimum Gasteiger partial charge on any atom is -0.462 e. The van der Waals surface area contributed by atoms with Gasteiger partial charge in [-0.3, -0.25) is 14.5 Å². The van der Waals surface area contributed by atoms with Gasteiger partial charge in [0.2, 0.25) is 11.8 Å².